The molecule has 3 amide bonds. The van der Waals surface area contributed by atoms with Crippen molar-refractivity contribution in [3.05, 3.63) is 108 Å². The minimum absolute atomic E-state index is 0.0609. The molecule has 292 valence electrons. The number of pyridine rings is 1. The van der Waals surface area contributed by atoms with Gasteiger partial charge in [-0.3, -0.25) is 9.78 Å². The maximum absolute atomic E-state index is 14.5. The highest BCUT2D eigenvalue weighted by Gasteiger charge is 2.41. The third-order valence-corrected chi connectivity index (χ3v) is 12.9. The average Bonchev–Trinajstić information content (AvgIpc) is 3.84. The Bertz CT molecular complexity index is 2040. The van der Waals surface area contributed by atoms with E-state index in [1.54, 1.807) is 28.1 Å². The molecule has 0 unspecified atom stereocenters. The summed E-state index contributed by atoms with van der Waals surface area (Å²) in [7, 11) is -4.06. The number of nitrogens with one attached hydrogen (secondary N) is 1. The van der Waals surface area contributed by atoms with Gasteiger partial charge in [-0.05, 0) is 78.1 Å². The number of carbonyl (C=O) groups excluding carboxylic acids is 2. The highest BCUT2D eigenvalue weighted by molar-refractivity contribution is 7.89. The molecule has 2 fully saturated rings. The highest BCUT2D eigenvalue weighted by atomic mass is 32.2. The summed E-state index contributed by atoms with van der Waals surface area (Å²) in [5.41, 5.74) is 3.26. The molecule has 12 nitrogen and oxygen atoms in total. The van der Waals surface area contributed by atoms with Gasteiger partial charge < -0.3 is 25.4 Å². The molecule has 4 atom stereocenters. The molecule has 1 aromatic heterocycles. The van der Waals surface area contributed by atoms with Gasteiger partial charge in [-0.2, -0.15) is 4.31 Å². The Morgan fingerprint density at radius 2 is 1.76 bits per heavy atom. The van der Waals surface area contributed by atoms with Gasteiger partial charge in [0.1, 0.15) is 6.04 Å². The molecule has 1 saturated carbocycles. The van der Waals surface area contributed by atoms with Crippen molar-refractivity contribution in [1.29, 1.82) is 0 Å². The van der Waals surface area contributed by atoms with E-state index >= 15 is 0 Å². The van der Waals surface area contributed by atoms with E-state index in [0.717, 1.165) is 47.7 Å². The van der Waals surface area contributed by atoms with Gasteiger partial charge in [0, 0.05) is 44.3 Å². The minimum atomic E-state index is -4.06. The Hall–Kier alpha value is -4.85. The molecular formula is C42H52N6O6S. The second-order valence-corrected chi connectivity index (χ2v) is 16.9. The molecule has 2 aliphatic rings. The first-order valence-corrected chi connectivity index (χ1v) is 20.7. The lowest BCUT2D eigenvalue weighted by Gasteiger charge is -2.35. The van der Waals surface area contributed by atoms with E-state index in [-0.39, 0.29) is 48.2 Å². The van der Waals surface area contributed by atoms with Crippen LogP contribution in [-0.4, -0.2) is 100 Å². The maximum Gasteiger partial charge on any atom is 0.321 e. The van der Waals surface area contributed by atoms with Crippen molar-refractivity contribution in [1.82, 2.24) is 24.4 Å². The number of sulfonamides is 1. The van der Waals surface area contributed by atoms with E-state index in [1.807, 2.05) is 74.5 Å². The number of aliphatic hydroxyl groups excluding tert-OH is 1. The standard InChI is InChI=1S/C42H52N6O6S/c1-3-30(2)40(48-23-22-46(42(48)51)27-34-17-20-37-35(24-34)14-9-21-43-37)41(50)45-38(25-31-10-5-4-6-11-31)39(49)29-47(28-33-12-7-8-13-33)55(53,54)36-18-15-32(16-19-36)26-44-52/h4-6,9-11,14-21,24,26,30,33,38-40,49,52H,3,7-8,12-13,22-23,25,27-29H2,1-2H3,(H,45,50)/t30-,38-,39+,40-/m0/s1. The van der Waals surface area contributed by atoms with Crippen LogP contribution in [-0.2, 0) is 27.8 Å². The summed E-state index contributed by atoms with van der Waals surface area (Å²) in [6, 6.07) is 23.5. The van der Waals surface area contributed by atoms with Crippen molar-refractivity contribution < 1.29 is 28.3 Å². The molecule has 4 aromatic rings. The lowest BCUT2D eigenvalue weighted by atomic mass is 9.95. The smallest absolute Gasteiger partial charge is 0.321 e. The number of rotatable bonds is 17. The second-order valence-electron chi connectivity index (χ2n) is 14.9. The van der Waals surface area contributed by atoms with Gasteiger partial charge in [-0.25, -0.2) is 13.2 Å². The number of aromatic nitrogens is 1. The van der Waals surface area contributed by atoms with Crippen molar-refractivity contribution in [3.63, 3.8) is 0 Å². The predicted molar refractivity (Wildman–Crippen MR) is 212 cm³/mol. The molecule has 3 N–H and O–H groups in total. The molecule has 3 aromatic carbocycles. The van der Waals surface area contributed by atoms with Crippen molar-refractivity contribution in [3.8, 4) is 0 Å². The van der Waals surface area contributed by atoms with Crippen LogP contribution in [0.2, 0.25) is 0 Å². The molecule has 1 saturated heterocycles. The predicted octanol–water partition coefficient (Wildman–Crippen LogP) is 5.66. The molecule has 2 heterocycles. The fraction of sp³-hybridized carbons (Fsp3) is 0.429. The third-order valence-electron chi connectivity index (χ3n) is 11.1. The number of hydrogen-bond donors (Lipinski definition) is 3. The van der Waals surface area contributed by atoms with E-state index in [4.69, 9.17) is 5.21 Å². The fourth-order valence-corrected chi connectivity index (χ4v) is 9.36. The topological polar surface area (TPSA) is 156 Å². The Morgan fingerprint density at radius 1 is 1.02 bits per heavy atom. The Kier molecular flexibility index (Phi) is 13.2. The van der Waals surface area contributed by atoms with E-state index in [1.165, 1.54) is 22.7 Å². The molecule has 0 bridgehead atoms. The zero-order valence-electron chi connectivity index (χ0n) is 31.6. The van der Waals surface area contributed by atoms with Crippen molar-refractivity contribution in [2.75, 3.05) is 26.2 Å². The lowest BCUT2D eigenvalue weighted by molar-refractivity contribution is -0.128. The molecule has 0 radical (unpaired) electrons. The van der Waals surface area contributed by atoms with Gasteiger partial charge in [-0.1, -0.05) is 92.9 Å². The van der Waals surface area contributed by atoms with Gasteiger partial charge in [0.15, 0.2) is 0 Å². The van der Waals surface area contributed by atoms with Crippen LogP contribution < -0.4 is 5.32 Å². The van der Waals surface area contributed by atoms with E-state index in [2.05, 4.69) is 15.5 Å². The number of carbonyl (C=O) groups is 2. The summed E-state index contributed by atoms with van der Waals surface area (Å²) in [5.74, 6) is -0.425. The quantitative estimate of drug-likeness (QED) is 0.0711. The first kappa shape index (κ1) is 39.8. The van der Waals surface area contributed by atoms with E-state index in [9.17, 15) is 23.1 Å². The van der Waals surface area contributed by atoms with Crippen LogP contribution in [0, 0.1) is 11.8 Å². The van der Waals surface area contributed by atoms with Crippen molar-refractivity contribution in [2.45, 2.75) is 82.0 Å². The van der Waals surface area contributed by atoms with Crippen molar-refractivity contribution >= 4 is 39.1 Å². The van der Waals surface area contributed by atoms with Crippen LogP contribution in [0.3, 0.4) is 0 Å². The van der Waals surface area contributed by atoms with Gasteiger partial charge in [-0.15, -0.1) is 0 Å². The molecule has 1 aliphatic heterocycles. The van der Waals surface area contributed by atoms with Crippen LogP contribution in [0.5, 0.6) is 0 Å². The summed E-state index contributed by atoms with van der Waals surface area (Å²) < 4.78 is 29.7. The Labute approximate surface area is 323 Å². The monoisotopic (exact) mass is 768 g/mol. The van der Waals surface area contributed by atoms with Crippen LogP contribution in [0.1, 0.15) is 62.6 Å². The maximum atomic E-state index is 14.5. The first-order valence-electron chi connectivity index (χ1n) is 19.3. The largest absolute Gasteiger partial charge is 0.411 e. The summed E-state index contributed by atoms with van der Waals surface area (Å²) in [6.45, 7) is 5.17. The van der Waals surface area contributed by atoms with Crippen LogP contribution >= 0.6 is 0 Å². The molecule has 13 heteroatoms. The SMILES string of the molecule is CC[C@H](C)[C@@H](C(=O)N[C@@H](Cc1ccccc1)[C@H](O)CN(CC1CCCC1)S(=O)(=O)c1ccc(C=NO)cc1)N1CCN(Cc2ccc3ncccc3c2)C1=O. The number of benzene rings is 3. The van der Waals surface area contributed by atoms with Gasteiger partial charge in [0.25, 0.3) is 0 Å². The summed E-state index contributed by atoms with van der Waals surface area (Å²) in [4.78, 5) is 36.3. The van der Waals surface area contributed by atoms with Gasteiger partial charge in [0.05, 0.1) is 28.8 Å². The molecule has 1 aliphatic carbocycles. The number of aliphatic hydroxyl groups is 1. The Morgan fingerprint density at radius 3 is 2.47 bits per heavy atom. The number of nitrogens with zero attached hydrogens (tertiary/aromatic N) is 5. The number of amides is 3. The molecular weight excluding hydrogens is 717 g/mol. The summed E-state index contributed by atoms with van der Waals surface area (Å²) in [6.07, 6.45) is 6.42. The number of fused-ring (bicyclic) bond motifs is 1. The Balaban J connectivity index is 1.23. The number of oxime groups is 1. The summed E-state index contributed by atoms with van der Waals surface area (Å²) >= 11 is 0. The fourth-order valence-electron chi connectivity index (χ4n) is 7.83. The number of urea groups is 1. The second kappa shape index (κ2) is 18.2. The highest BCUT2D eigenvalue weighted by Crippen LogP contribution is 2.29. The zero-order valence-corrected chi connectivity index (χ0v) is 32.4. The van der Waals surface area contributed by atoms with Crippen LogP contribution in [0.4, 0.5) is 4.79 Å². The minimum Gasteiger partial charge on any atom is -0.411 e. The summed E-state index contributed by atoms with van der Waals surface area (Å²) in [5, 5.41) is 28.1. The third kappa shape index (κ3) is 9.70. The lowest BCUT2D eigenvalue weighted by Crippen LogP contribution is -2.57. The van der Waals surface area contributed by atoms with Crippen LogP contribution in [0.25, 0.3) is 10.9 Å². The van der Waals surface area contributed by atoms with E-state index in [0.29, 0.717) is 31.6 Å². The molecule has 0 spiro atoms. The first-order chi connectivity index (χ1) is 26.6. The van der Waals surface area contributed by atoms with Gasteiger partial charge >= 0.3 is 6.03 Å². The molecule has 6 rings (SSSR count). The van der Waals surface area contributed by atoms with Crippen LogP contribution in [0.15, 0.2) is 101 Å². The molecule has 55 heavy (non-hydrogen) atoms. The average molecular weight is 769 g/mol. The van der Waals surface area contributed by atoms with Gasteiger partial charge in [0.2, 0.25) is 15.9 Å². The number of hydrogen-bond acceptors (Lipinski definition) is 8. The van der Waals surface area contributed by atoms with E-state index < -0.39 is 28.2 Å². The zero-order chi connectivity index (χ0) is 39.0. The normalized spacial score (nSPS) is 17.6. The van der Waals surface area contributed by atoms with Crippen molar-refractivity contribution in [2.24, 2.45) is 17.0 Å².